The summed E-state index contributed by atoms with van der Waals surface area (Å²) in [5, 5.41) is 13.2. The van der Waals surface area contributed by atoms with Gasteiger partial charge >= 0.3 is 0 Å². The SMILES string of the molecule is N#Cc1ccccc1COc1ccc(/C=N/NC(=O)Cc2ccc3c(c2)OCO3)cc1Br. The molecule has 4 rings (SSSR count). The molecule has 0 radical (unpaired) electrons. The van der Waals surface area contributed by atoms with Gasteiger partial charge in [0.05, 0.1) is 28.7 Å². The molecule has 1 amide bonds. The van der Waals surface area contributed by atoms with E-state index in [2.05, 4.69) is 32.5 Å². The zero-order valence-electron chi connectivity index (χ0n) is 16.9. The lowest BCUT2D eigenvalue weighted by molar-refractivity contribution is -0.120. The van der Waals surface area contributed by atoms with Crippen LogP contribution in [0.15, 0.2) is 70.2 Å². The normalized spacial score (nSPS) is 11.9. The van der Waals surface area contributed by atoms with E-state index in [0.29, 0.717) is 22.8 Å². The molecule has 0 unspecified atom stereocenters. The van der Waals surface area contributed by atoms with Crippen LogP contribution in [0.4, 0.5) is 0 Å². The quantitative estimate of drug-likeness (QED) is 0.392. The molecule has 160 valence electrons. The highest BCUT2D eigenvalue weighted by molar-refractivity contribution is 9.10. The van der Waals surface area contributed by atoms with E-state index < -0.39 is 0 Å². The molecule has 0 aliphatic carbocycles. The maximum atomic E-state index is 12.1. The highest BCUT2D eigenvalue weighted by Crippen LogP contribution is 2.32. The Kier molecular flexibility index (Phi) is 6.68. The third kappa shape index (κ3) is 5.25. The summed E-state index contributed by atoms with van der Waals surface area (Å²) >= 11 is 3.48. The first-order valence-electron chi connectivity index (χ1n) is 9.73. The van der Waals surface area contributed by atoms with Crippen molar-refractivity contribution in [2.24, 2.45) is 5.10 Å². The fraction of sp³-hybridized carbons (Fsp3) is 0.125. The predicted molar refractivity (Wildman–Crippen MR) is 122 cm³/mol. The average molecular weight is 492 g/mol. The van der Waals surface area contributed by atoms with Gasteiger partial charge in [0, 0.05) is 5.56 Å². The van der Waals surface area contributed by atoms with Crippen LogP contribution in [0, 0.1) is 11.3 Å². The van der Waals surface area contributed by atoms with Crippen molar-refractivity contribution >= 4 is 28.1 Å². The Labute approximate surface area is 193 Å². The van der Waals surface area contributed by atoms with Crippen molar-refractivity contribution < 1.29 is 19.0 Å². The second kappa shape index (κ2) is 9.98. The number of ether oxygens (including phenoxy) is 3. The molecule has 0 saturated carbocycles. The predicted octanol–water partition coefficient (Wildman–Crippen LogP) is 4.32. The van der Waals surface area contributed by atoms with Gasteiger partial charge in [0.2, 0.25) is 12.7 Å². The summed E-state index contributed by atoms with van der Waals surface area (Å²) in [7, 11) is 0. The summed E-state index contributed by atoms with van der Waals surface area (Å²) < 4.78 is 17.2. The second-order valence-electron chi connectivity index (χ2n) is 6.91. The van der Waals surface area contributed by atoms with Gasteiger partial charge < -0.3 is 14.2 Å². The van der Waals surface area contributed by atoms with Gasteiger partial charge in [-0.15, -0.1) is 0 Å². The smallest absolute Gasteiger partial charge is 0.244 e. The van der Waals surface area contributed by atoms with E-state index in [1.165, 1.54) is 0 Å². The van der Waals surface area contributed by atoms with Gasteiger partial charge in [-0.3, -0.25) is 4.79 Å². The van der Waals surface area contributed by atoms with Crippen LogP contribution in [0.25, 0.3) is 0 Å². The van der Waals surface area contributed by atoms with Gasteiger partial charge in [-0.05, 0) is 63.5 Å². The molecule has 1 heterocycles. The van der Waals surface area contributed by atoms with Gasteiger partial charge in [-0.1, -0.05) is 24.3 Å². The van der Waals surface area contributed by atoms with E-state index in [1.807, 2.05) is 36.4 Å². The van der Waals surface area contributed by atoms with Crippen molar-refractivity contribution in [3.63, 3.8) is 0 Å². The van der Waals surface area contributed by atoms with E-state index in [0.717, 1.165) is 21.2 Å². The molecule has 0 saturated heterocycles. The third-order valence-electron chi connectivity index (χ3n) is 4.68. The number of nitrogens with one attached hydrogen (secondary N) is 1. The van der Waals surface area contributed by atoms with Crippen LogP contribution in [-0.2, 0) is 17.8 Å². The lowest BCUT2D eigenvalue weighted by atomic mass is 10.1. The summed E-state index contributed by atoms with van der Waals surface area (Å²) in [5.41, 5.74) is 5.52. The minimum atomic E-state index is -0.240. The second-order valence-corrected chi connectivity index (χ2v) is 7.76. The lowest BCUT2D eigenvalue weighted by Gasteiger charge is -2.10. The Hall–Kier alpha value is -3.83. The number of halogens is 1. The van der Waals surface area contributed by atoms with E-state index in [1.54, 1.807) is 30.5 Å². The molecular formula is C24H18BrN3O4. The van der Waals surface area contributed by atoms with Crippen molar-refractivity contribution in [3.8, 4) is 23.3 Å². The molecule has 0 atom stereocenters. The average Bonchev–Trinajstić information content (AvgIpc) is 3.26. The largest absolute Gasteiger partial charge is 0.488 e. The maximum Gasteiger partial charge on any atom is 0.244 e. The molecule has 0 bridgehead atoms. The van der Waals surface area contributed by atoms with Crippen molar-refractivity contribution in [3.05, 3.63) is 87.4 Å². The highest BCUT2D eigenvalue weighted by atomic mass is 79.9. The minimum Gasteiger partial charge on any atom is -0.488 e. The van der Waals surface area contributed by atoms with Gasteiger partial charge in [-0.25, -0.2) is 5.43 Å². The number of hydrogen-bond donors (Lipinski definition) is 1. The summed E-state index contributed by atoms with van der Waals surface area (Å²) in [6, 6.07) is 20.3. The number of fused-ring (bicyclic) bond motifs is 1. The summed E-state index contributed by atoms with van der Waals surface area (Å²) in [5.74, 6) is 1.72. The van der Waals surface area contributed by atoms with Crippen molar-refractivity contribution in [2.45, 2.75) is 13.0 Å². The van der Waals surface area contributed by atoms with Crippen molar-refractivity contribution in [2.75, 3.05) is 6.79 Å². The number of hydrogen-bond acceptors (Lipinski definition) is 6. The molecule has 0 fully saturated rings. The van der Waals surface area contributed by atoms with Crippen molar-refractivity contribution in [1.29, 1.82) is 5.26 Å². The van der Waals surface area contributed by atoms with Crippen LogP contribution in [0.3, 0.4) is 0 Å². The molecule has 8 heteroatoms. The number of amides is 1. The van der Waals surface area contributed by atoms with Gasteiger partial charge in [0.15, 0.2) is 11.5 Å². The van der Waals surface area contributed by atoms with Crippen LogP contribution < -0.4 is 19.6 Å². The first-order valence-corrected chi connectivity index (χ1v) is 10.5. The lowest BCUT2D eigenvalue weighted by Crippen LogP contribution is -2.19. The summed E-state index contributed by atoms with van der Waals surface area (Å²) in [4.78, 5) is 12.1. The van der Waals surface area contributed by atoms with E-state index in [-0.39, 0.29) is 25.7 Å². The topological polar surface area (TPSA) is 92.9 Å². The van der Waals surface area contributed by atoms with Gasteiger partial charge in [-0.2, -0.15) is 10.4 Å². The maximum absolute atomic E-state index is 12.1. The first-order chi connectivity index (χ1) is 15.6. The van der Waals surface area contributed by atoms with Gasteiger partial charge in [0.1, 0.15) is 12.4 Å². The number of carbonyl (C=O) groups is 1. The monoisotopic (exact) mass is 491 g/mol. The molecule has 0 aromatic heterocycles. The van der Waals surface area contributed by atoms with E-state index in [4.69, 9.17) is 14.2 Å². The number of hydrazone groups is 1. The molecule has 7 nitrogen and oxygen atoms in total. The Morgan fingerprint density at radius 1 is 1.16 bits per heavy atom. The molecule has 32 heavy (non-hydrogen) atoms. The molecular weight excluding hydrogens is 474 g/mol. The highest BCUT2D eigenvalue weighted by Gasteiger charge is 2.14. The Morgan fingerprint density at radius 2 is 2.00 bits per heavy atom. The van der Waals surface area contributed by atoms with Crippen molar-refractivity contribution in [1.82, 2.24) is 5.43 Å². The number of rotatable bonds is 7. The number of nitriles is 1. The molecule has 0 spiro atoms. The Bertz CT molecular complexity index is 1220. The zero-order valence-corrected chi connectivity index (χ0v) is 18.5. The number of nitrogens with zero attached hydrogens (tertiary/aromatic N) is 2. The minimum absolute atomic E-state index is 0.175. The van der Waals surface area contributed by atoms with Crippen LogP contribution >= 0.6 is 15.9 Å². The fourth-order valence-electron chi connectivity index (χ4n) is 3.08. The molecule has 1 N–H and O–H groups in total. The van der Waals surface area contributed by atoms with E-state index >= 15 is 0 Å². The van der Waals surface area contributed by atoms with Crippen LogP contribution in [0.2, 0.25) is 0 Å². The molecule has 3 aromatic rings. The fourth-order valence-corrected chi connectivity index (χ4v) is 3.59. The third-order valence-corrected chi connectivity index (χ3v) is 5.30. The summed E-state index contributed by atoms with van der Waals surface area (Å²) in [6.07, 6.45) is 1.73. The number of carbonyl (C=O) groups excluding carboxylic acids is 1. The Balaban J connectivity index is 1.31. The zero-order chi connectivity index (χ0) is 22.3. The molecule has 1 aliphatic rings. The number of benzene rings is 3. The standard InChI is InChI=1S/C24H18BrN3O4/c25-20-9-17(6-7-21(20)30-14-19-4-2-1-3-18(19)12-26)13-27-28-24(29)11-16-5-8-22-23(10-16)32-15-31-22/h1-10,13H,11,14-15H2,(H,28,29)/b27-13+. The van der Waals surface area contributed by atoms with Crippen LogP contribution in [0.1, 0.15) is 22.3 Å². The summed E-state index contributed by atoms with van der Waals surface area (Å²) in [6.45, 7) is 0.480. The van der Waals surface area contributed by atoms with Crippen LogP contribution in [-0.4, -0.2) is 18.9 Å². The van der Waals surface area contributed by atoms with Crippen LogP contribution in [0.5, 0.6) is 17.2 Å². The molecule has 3 aromatic carbocycles. The first kappa shape index (κ1) is 21.4. The molecule has 1 aliphatic heterocycles. The Morgan fingerprint density at radius 3 is 2.84 bits per heavy atom. The van der Waals surface area contributed by atoms with Gasteiger partial charge in [0.25, 0.3) is 0 Å². The van der Waals surface area contributed by atoms with E-state index in [9.17, 15) is 10.1 Å².